The Morgan fingerprint density at radius 3 is 0.772 bits per heavy atom. The molecule has 0 bridgehead atoms. The molecule has 0 amide bonds. The first-order chi connectivity index (χ1) is 56.3. The van der Waals surface area contributed by atoms with Crippen molar-refractivity contribution in [2.45, 2.75) is 422 Å². The minimum atomic E-state index is -3.00. The molecule has 0 spiro atoms. The Morgan fingerprint density at radius 2 is 0.496 bits per heavy atom. The molecule has 0 saturated heterocycles. The van der Waals surface area contributed by atoms with E-state index >= 15 is 0 Å². The SMILES string of the molecule is CC(C)C1=C(C(C)C)C(C(C)C)CC(=O)C1.CC(C)C1=C(C(C)C)C(C(C)C)CC1.CC(C)C1=C(C(C)C)C(C(C)C)CC1.CC(C)C1=C(C(C)C)C(C(C)C)CC1.CC(C)C1=C(C(C)C)C(C(C)C)CCC1.CC(C)C1=C(C(C)C)C(C(C)C)CCC1=O.CC(C)C1=C(C(C)C)C(C(C)C)CS(=O)(=O)C1.CC(C)C1=C(C(C)C)S(=O)(=O)CCC1C(C)C. The van der Waals surface area contributed by atoms with Crippen molar-refractivity contribution in [1.82, 2.24) is 0 Å². The van der Waals surface area contributed by atoms with Crippen LogP contribution in [0.3, 0.4) is 0 Å². The molecule has 0 fully saturated rings. The van der Waals surface area contributed by atoms with E-state index in [1.165, 1.54) is 85.7 Å². The zero-order valence-electron chi connectivity index (χ0n) is 90.8. The average Bonchev–Trinajstić information content (AvgIpc) is 1.33. The normalized spacial score (nSPS) is 23.7. The van der Waals surface area contributed by atoms with Crippen molar-refractivity contribution in [3.05, 3.63) is 88.5 Å². The molecule has 2 heterocycles. The van der Waals surface area contributed by atoms with Crippen LogP contribution in [0.5, 0.6) is 0 Å². The second-order valence-corrected chi connectivity index (χ2v) is 51.6. The second-order valence-electron chi connectivity index (χ2n) is 47.4. The van der Waals surface area contributed by atoms with Crippen molar-refractivity contribution >= 4 is 31.2 Å². The minimum Gasteiger partial charge on any atom is -0.299 e. The van der Waals surface area contributed by atoms with Crippen molar-refractivity contribution in [2.24, 2.45) is 189 Å². The Balaban J connectivity index is 0.000000704. The maximum absolute atomic E-state index is 12.2. The van der Waals surface area contributed by atoms with Gasteiger partial charge in [0, 0.05) is 24.2 Å². The highest BCUT2D eigenvalue weighted by Crippen LogP contribution is 2.50. The Hall–Kier alpha value is -2.84. The Labute approximate surface area is 769 Å². The van der Waals surface area contributed by atoms with Gasteiger partial charge in [-0.15, -0.1) is 0 Å². The fourth-order valence-electron chi connectivity index (χ4n) is 23.8. The van der Waals surface area contributed by atoms with Crippen LogP contribution >= 0.6 is 0 Å². The molecule has 0 aromatic heterocycles. The van der Waals surface area contributed by atoms with E-state index in [0.717, 1.165) is 131 Å². The molecule has 8 unspecified atom stereocenters. The first kappa shape index (κ1) is 118. The predicted molar refractivity (Wildman–Crippen MR) is 547 cm³/mol. The third kappa shape index (κ3) is 34.7. The summed E-state index contributed by atoms with van der Waals surface area (Å²) in [6.45, 7) is 109. The van der Waals surface area contributed by atoms with Gasteiger partial charge in [-0.05, 0) is 271 Å². The third-order valence-corrected chi connectivity index (χ3v) is 33.3. The van der Waals surface area contributed by atoms with Crippen molar-refractivity contribution in [2.75, 3.05) is 17.3 Å². The lowest BCUT2D eigenvalue weighted by atomic mass is 9.70. The minimum absolute atomic E-state index is 0.110. The number of hydrogen-bond donors (Lipinski definition) is 0. The summed E-state index contributed by atoms with van der Waals surface area (Å²) in [7, 11) is -5.90. The molecule has 123 heavy (non-hydrogen) atoms. The van der Waals surface area contributed by atoms with Crippen LogP contribution in [0.2, 0.25) is 0 Å². The quantitative estimate of drug-likeness (QED) is 0.0892. The van der Waals surface area contributed by atoms with Gasteiger partial charge in [0.1, 0.15) is 5.78 Å². The molecular formula is C115H210O6S2. The van der Waals surface area contributed by atoms with E-state index in [-0.39, 0.29) is 17.6 Å². The van der Waals surface area contributed by atoms with Gasteiger partial charge < -0.3 is 0 Å². The molecule has 0 radical (unpaired) electrons. The Bertz CT molecular complexity index is 3610. The van der Waals surface area contributed by atoms with Crippen LogP contribution in [-0.4, -0.2) is 45.7 Å². The highest BCUT2D eigenvalue weighted by atomic mass is 32.2. The maximum Gasteiger partial charge on any atom is 0.174 e. The molecule has 8 rings (SSSR count). The third-order valence-electron chi connectivity index (χ3n) is 29.5. The first-order valence-corrected chi connectivity index (χ1v) is 55.1. The molecule has 0 aromatic rings. The molecule has 718 valence electrons. The zero-order valence-corrected chi connectivity index (χ0v) is 92.4. The molecule has 8 aliphatic rings. The first-order valence-electron chi connectivity index (χ1n) is 51.7. The number of carbonyl (C=O) groups excluding carboxylic acids is 2. The van der Waals surface area contributed by atoms with Gasteiger partial charge >= 0.3 is 0 Å². The standard InChI is InChI=1S/2C15H26O.C15H28.2C14H26O2S.3C14H26/c1-9(2)13-7-12(16)8-14(10(3)4)15(13)11(5)6;1-9(2)12-7-8-13(16)15(11(5)6)14(12)10(3)4;1-10(2)13-8-7-9-14(11(3)4)15(13)12(5)6;1-9(2)12-7-17(15,16)8-13(10(3)4)14(12)11(5)6;1-9(2)12-7-8-17(15,16)14(11(5)6)13(12)10(3)4;3*1-9(2)12-7-8-13(10(3)4)14(12)11(5)6/h9-11,13H,7-8H2,1-6H3;9-12H,7-8H2,1-6H3;10-13H,7-9H2,1-6H3;2*9-12H,7-8H2,1-6H3;3*9-12H,7-8H2,1-6H3. The number of ketones is 2. The summed E-state index contributed by atoms with van der Waals surface area (Å²) in [4.78, 5) is 24.6. The largest absolute Gasteiger partial charge is 0.299 e. The Kier molecular flexibility index (Phi) is 51.5. The molecule has 8 atom stereocenters. The maximum atomic E-state index is 12.2. The van der Waals surface area contributed by atoms with E-state index < -0.39 is 19.7 Å². The van der Waals surface area contributed by atoms with Crippen molar-refractivity contribution in [1.29, 1.82) is 0 Å². The lowest BCUT2D eigenvalue weighted by molar-refractivity contribution is -0.120. The molecule has 0 N–H and O–H groups in total. The summed E-state index contributed by atoms with van der Waals surface area (Å²) in [5.74, 6) is 21.7. The highest BCUT2D eigenvalue weighted by Gasteiger charge is 2.41. The summed E-state index contributed by atoms with van der Waals surface area (Å²) >= 11 is 0. The summed E-state index contributed by atoms with van der Waals surface area (Å²) in [5, 5.41) is 0. The van der Waals surface area contributed by atoms with Gasteiger partial charge in [-0.3, -0.25) is 9.59 Å². The van der Waals surface area contributed by atoms with Crippen LogP contribution < -0.4 is 0 Å². The van der Waals surface area contributed by atoms with Gasteiger partial charge in [-0.25, -0.2) is 16.8 Å². The van der Waals surface area contributed by atoms with Gasteiger partial charge in [0.2, 0.25) is 0 Å². The Morgan fingerprint density at radius 1 is 0.236 bits per heavy atom. The lowest BCUT2D eigenvalue weighted by Crippen LogP contribution is -2.34. The zero-order chi connectivity index (χ0) is 95.9. The van der Waals surface area contributed by atoms with E-state index in [2.05, 4.69) is 318 Å². The fraction of sp³-hybridized carbons (Fsp3) is 0.843. The fourth-order valence-corrected chi connectivity index (χ4v) is 28.3. The summed E-state index contributed by atoms with van der Waals surface area (Å²) in [6, 6.07) is 0. The van der Waals surface area contributed by atoms with Crippen molar-refractivity contribution in [3.8, 4) is 0 Å². The smallest absolute Gasteiger partial charge is 0.174 e. The van der Waals surface area contributed by atoms with E-state index in [0.29, 0.717) is 112 Å². The van der Waals surface area contributed by atoms with E-state index in [1.807, 2.05) is 13.8 Å². The van der Waals surface area contributed by atoms with Crippen LogP contribution in [0.25, 0.3) is 0 Å². The summed E-state index contributed by atoms with van der Waals surface area (Å²) in [5.41, 5.74) is 23.6. The average molecular weight is 1750 g/mol. The number of allylic oxidation sites excluding steroid dienone is 15. The highest BCUT2D eigenvalue weighted by molar-refractivity contribution is 7.95. The molecular weight excluding hydrogens is 1540 g/mol. The van der Waals surface area contributed by atoms with Crippen LogP contribution in [0.4, 0.5) is 0 Å². The van der Waals surface area contributed by atoms with Crippen LogP contribution in [0, 0.1) is 189 Å². The van der Waals surface area contributed by atoms with E-state index in [1.54, 1.807) is 50.2 Å². The summed E-state index contributed by atoms with van der Waals surface area (Å²) in [6.07, 6.45) is 16.5. The van der Waals surface area contributed by atoms with E-state index in [4.69, 9.17) is 0 Å². The van der Waals surface area contributed by atoms with Crippen molar-refractivity contribution < 1.29 is 26.4 Å². The second kappa shape index (κ2) is 53.6. The monoisotopic (exact) mass is 1750 g/mol. The molecule has 2 aliphatic heterocycles. The van der Waals surface area contributed by atoms with Gasteiger partial charge in [0.15, 0.2) is 25.5 Å². The topological polar surface area (TPSA) is 102 Å². The molecule has 0 saturated carbocycles. The number of rotatable bonds is 24. The van der Waals surface area contributed by atoms with Crippen molar-refractivity contribution in [3.63, 3.8) is 0 Å². The molecule has 6 nitrogen and oxygen atoms in total. The van der Waals surface area contributed by atoms with Gasteiger partial charge in [-0.2, -0.15) is 0 Å². The lowest BCUT2D eigenvalue weighted by Gasteiger charge is -2.35. The number of Topliss-reactive ketones (excluding diaryl/α,β-unsaturated/α-hetero) is 2. The van der Waals surface area contributed by atoms with Crippen LogP contribution in [-0.2, 0) is 29.3 Å². The van der Waals surface area contributed by atoms with Crippen LogP contribution in [0.1, 0.15) is 422 Å². The molecule has 6 aliphatic carbocycles. The number of carbonyl (C=O) groups is 2. The van der Waals surface area contributed by atoms with Gasteiger partial charge in [0.25, 0.3) is 0 Å². The molecule has 8 heteroatoms. The molecule has 0 aromatic carbocycles. The van der Waals surface area contributed by atoms with Crippen LogP contribution in [0.15, 0.2) is 88.5 Å². The van der Waals surface area contributed by atoms with Gasteiger partial charge in [0.05, 0.1) is 17.3 Å². The van der Waals surface area contributed by atoms with Gasteiger partial charge in [-0.1, -0.05) is 405 Å². The predicted octanol–water partition coefficient (Wildman–Crippen LogP) is 34.4. The van der Waals surface area contributed by atoms with E-state index in [9.17, 15) is 26.4 Å². The summed E-state index contributed by atoms with van der Waals surface area (Å²) < 4.78 is 48.5. The number of sulfone groups is 2. The number of hydrogen-bond acceptors (Lipinski definition) is 6.